The van der Waals surface area contributed by atoms with E-state index < -0.39 is 76.0 Å². The van der Waals surface area contributed by atoms with Crippen LogP contribution in [0.4, 0.5) is 17.6 Å². The number of carbonyl (C=O) groups excluding carboxylic acids is 2. The summed E-state index contributed by atoms with van der Waals surface area (Å²) < 4.78 is 63.5. The third-order valence-electron chi connectivity index (χ3n) is 6.92. The summed E-state index contributed by atoms with van der Waals surface area (Å²) >= 11 is 0. The van der Waals surface area contributed by atoms with Crippen LogP contribution >= 0.6 is 0 Å². The van der Waals surface area contributed by atoms with Crippen LogP contribution in [0, 0.1) is 17.5 Å². The van der Waals surface area contributed by atoms with E-state index in [1.807, 2.05) is 0 Å². The number of nitrogens with one attached hydrogen (secondary N) is 1. The van der Waals surface area contributed by atoms with Crippen LogP contribution in [0.2, 0.25) is 0 Å². The van der Waals surface area contributed by atoms with E-state index in [2.05, 4.69) is 5.32 Å². The Hall–Kier alpha value is -4.61. The zero-order chi connectivity index (χ0) is 28.7. The average molecular weight is 557 g/mol. The number of benzene rings is 2. The molecule has 3 aromatic rings. The number of ether oxygens (including phenoxy) is 1. The molecule has 208 valence electrons. The van der Waals surface area contributed by atoms with E-state index in [4.69, 9.17) is 4.74 Å². The van der Waals surface area contributed by atoms with Crippen molar-refractivity contribution in [3.05, 3.63) is 111 Å². The maximum atomic E-state index is 14.8. The normalized spacial score (nSPS) is 18.1. The van der Waals surface area contributed by atoms with Gasteiger partial charge in [-0.1, -0.05) is 30.3 Å². The van der Waals surface area contributed by atoms with E-state index >= 15 is 0 Å². The van der Waals surface area contributed by atoms with Crippen LogP contribution in [0.25, 0.3) is 0 Å². The van der Waals surface area contributed by atoms with Gasteiger partial charge in [-0.3, -0.25) is 24.1 Å². The Morgan fingerprint density at radius 3 is 2.40 bits per heavy atom. The number of fused-ring (bicyclic) bond motifs is 4. The van der Waals surface area contributed by atoms with Crippen LogP contribution in [-0.4, -0.2) is 40.1 Å². The fourth-order valence-corrected chi connectivity index (χ4v) is 4.66. The van der Waals surface area contributed by atoms with Crippen LogP contribution < -0.4 is 20.5 Å². The van der Waals surface area contributed by atoms with Crippen molar-refractivity contribution >= 4 is 11.8 Å². The quantitative estimate of drug-likeness (QED) is 0.468. The number of aromatic nitrogens is 1. The molecule has 0 fully saturated rings. The van der Waals surface area contributed by atoms with Gasteiger partial charge in [-0.25, -0.2) is 17.6 Å². The Kier molecular flexibility index (Phi) is 7.09. The highest BCUT2D eigenvalue weighted by atomic mass is 19.1. The summed E-state index contributed by atoms with van der Waals surface area (Å²) in [4.78, 5) is 41.6. The maximum absolute atomic E-state index is 14.8. The summed E-state index contributed by atoms with van der Waals surface area (Å²) in [5.74, 6) is -6.20. The standard InChI is InChI=1S/C28H24F4N4O4/c1-15-8-21(30)16(2)34-14-36(15)35-12-20(27(38)33-11-19-22(31)9-18(29)10-23(19)32)25(37)26(24(35)28(34)39)40-13-17-6-4-3-5-7-17/h3-10,12,15-16H,11,13-14H2,1-2H3,(H,33,38)/t15-,16+/m1/s1. The van der Waals surface area contributed by atoms with Gasteiger partial charge < -0.3 is 15.0 Å². The van der Waals surface area contributed by atoms with Gasteiger partial charge in [-0.2, -0.15) is 0 Å². The molecule has 0 aliphatic carbocycles. The number of halogens is 4. The second kappa shape index (κ2) is 10.5. The first kappa shape index (κ1) is 27.0. The number of nitrogens with zero attached hydrogens (tertiary/aromatic N) is 3. The minimum absolute atomic E-state index is 0.0495. The summed E-state index contributed by atoms with van der Waals surface area (Å²) in [7, 11) is 0. The van der Waals surface area contributed by atoms with Crippen molar-refractivity contribution in [2.24, 2.45) is 0 Å². The monoisotopic (exact) mass is 556 g/mol. The predicted octanol–water partition coefficient (Wildman–Crippen LogP) is 3.77. The lowest BCUT2D eigenvalue weighted by Crippen LogP contribution is -2.58. The zero-order valence-electron chi connectivity index (χ0n) is 21.5. The van der Waals surface area contributed by atoms with Gasteiger partial charge in [-0.05, 0) is 25.5 Å². The van der Waals surface area contributed by atoms with Crippen LogP contribution in [0.5, 0.6) is 5.75 Å². The smallest absolute Gasteiger partial charge is 0.278 e. The molecule has 8 nitrogen and oxygen atoms in total. The molecular weight excluding hydrogens is 532 g/mol. The summed E-state index contributed by atoms with van der Waals surface area (Å²) in [5, 5.41) is 3.85. The van der Waals surface area contributed by atoms with Crippen molar-refractivity contribution in [2.75, 3.05) is 11.7 Å². The molecule has 5 rings (SSSR count). The summed E-state index contributed by atoms with van der Waals surface area (Å²) in [6.07, 6.45) is 2.45. The Bertz CT molecular complexity index is 1570. The highest BCUT2D eigenvalue weighted by Crippen LogP contribution is 2.30. The van der Waals surface area contributed by atoms with Crippen LogP contribution in [0.3, 0.4) is 0 Å². The zero-order valence-corrected chi connectivity index (χ0v) is 21.5. The molecule has 2 aliphatic rings. The molecule has 40 heavy (non-hydrogen) atoms. The molecule has 2 bridgehead atoms. The van der Waals surface area contributed by atoms with Crippen molar-refractivity contribution in [1.29, 1.82) is 0 Å². The average Bonchev–Trinajstić information content (AvgIpc) is 3.01. The van der Waals surface area contributed by atoms with Gasteiger partial charge in [0.25, 0.3) is 11.8 Å². The molecule has 3 heterocycles. The fraction of sp³-hybridized carbons (Fsp3) is 0.250. The van der Waals surface area contributed by atoms with Gasteiger partial charge in [-0.15, -0.1) is 0 Å². The molecule has 0 unspecified atom stereocenters. The fourth-order valence-electron chi connectivity index (χ4n) is 4.66. The van der Waals surface area contributed by atoms with E-state index in [-0.39, 0.29) is 19.0 Å². The molecule has 0 saturated heterocycles. The Morgan fingerprint density at radius 2 is 1.73 bits per heavy atom. The van der Waals surface area contributed by atoms with E-state index in [9.17, 15) is 31.9 Å². The molecule has 1 aromatic heterocycles. The van der Waals surface area contributed by atoms with Crippen LogP contribution in [0.15, 0.2) is 65.4 Å². The molecule has 0 radical (unpaired) electrons. The number of hydrogen-bond donors (Lipinski definition) is 1. The third kappa shape index (κ3) is 4.80. The lowest BCUT2D eigenvalue weighted by molar-refractivity contribution is 0.0627. The maximum Gasteiger partial charge on any atom is 0.278 e. The van der Waals surface area contributed by atoms with Crippen molar-refractivity contribution < 1.29 is 31.9 Å². The molecule has 2 aromatic carbocycles. The Labute approximate surface area is 226 Å². The van der Waals surface area contributed by atoms with E-state index in [1.54, 1.807) is 42.3 Å². The summed E-state index contributed by atoms with van der Waals surface area (Å²) in [6.45, 7) is 2.35. The minimum Gasteiger partial charge on any atom is -0.482 e. The predicted molar refractivity (Wildman–Crippen MR) is 136 cm³/mol. The van der Waals surface area contributed by atoms with Crippen LogP contribution in [0.1, 0.15) is 45.8 Å². The first-order chi connectivity index (χ1) is 19.1. The molecule has 0 spiro atoms. The minimum atomic E-state index is -1.21. The van der Waals surface area contributed by atoms with Crippen molar-refractivity contribution in [3.8, 4) is 5.75 Å². The molecule has 0 saturated carbocycles. The lowest BCUT2D eigenvalue weighted by atomic mass is 10.1. The van der Waals surface area contributed by atoms with Crippen molar-refractivity contribution in [3.63, 3.8) is 0 Å². The van der Waals surface area contributed by atoms with Gasteiger partial charge >= 0.3 is 0 Å². The van der Waals surface area contributed by atoms with E-state index in [1.165, 1.54) is 22.6 Å². The second-order valence-electron chi connectivity index (χ2n) is 9.52. The van der Waals surface area contributed by atoms with Gasteiger partial charge in [0.1, 0.15) is 42.1 Å². The van der Waals surface area contributed by atoms with E-state index in [0.717, 1.165) is 6.20 Å². The summed E-state index contributed by atoms with van der Waals surface area (Å²) in [5.41, 5.74) is -1.54. The number of pyridine rings is 1. The Balaban J connectivity index is 1.58. The van der Waals surface area contributed by atoms with Gasteiger partial charge in [0.15, 0.2) is 11.4 Å². The SMILES string of the molecule is C[C@@H]1C=C(F)[C@H](C)N2CN1n1cc(C(=O)NCc3c(F)cc(F)cc3F)c(=O)c(OCc3ccccc3)c1C2=O. The summed E-state index contributed by atoms with van der Waals surface area (Å²) in [6, 6.07) is 8.23. The molecule has 2 aliphatic heterocycles. The third-order valence-corrected chi connectivity index (χ3v) is 6.92. The van der Waals surface area contributed by atoms with Gasteiger partial charge in [0.05, 0.1) is 12.1 Å². The molecular formula is C28H24F4N4O4. The first-order valence-corrected chi connectivity index (χ1v) is 12.4. The van der Waals surface area contributed by atoms with Gasteiger partial charge in [0.2, 0.25) is 5.43 Å². The molecule has 2 amide bonds. The number of carbonyl (C=O) groups is 2. The second-order valence-corrected chi connectivity index (χ2v) is 9.52. The highest BCUT2D eigenvalue weighted by Gasteiger charge is 2.41. The Morgan fingerprint density at radius 1 is 1.05 bits per heavy atom. The number of amides is 2. The highest BCUT2D eigenvalue weighted by molar-refractivity contribution is 5.99. The van der Waals surface area contributed by atoms with E-state index in [0.29, 0.717) is 17.7 Å². The lowest BCUT2D eigenvalue weighted by Gasteiger charge is -2.42. The topological polar surface area (TPSA) is 83.9 Å². The largest absolute Gasteiger partial charge is 0.482 e. The molecule has 1 N–H and O–H groups in total. The molecule has 2 atom stereocenters. The number of hydrogen-bond acceptors (Lipinski definition) is 5. The van der Waals surface area contributed by atoms with Crippen molar-refractivity contribution in [1.82, 2.24) is 14.9 Å². The first-order valence-electron chi connectivity index (χ1n) is 12.4. The number of rotatable bonds is 6. The van der Waals surface area contributed by atoms with Gasteiger partial charge in [0, 0.05) is 30.4 Å². The van der Waals surface area contributed by atoms with Crippen molar-refractivity contribution in [2.45, 2.75) is 39.1 Å². The molecule has 12 heteroatoms. The van der Waals surface area contributed by atoms with Crippen LogP contribution in [-0.2, 0) is 13.2 Å².